The maximum absolute atomic E-state index is 13.4. The quantitative estimate of drug-likeness (QED) is 0.796. The smallest absolute Gasteiger partial charge is 0.251 e. The molecule has 2 rings (SSSR count). The number of rotatable bonds is 7. The van der Waals surface area contributed by atoms with E-state index in [1.807, 2.05) is 0 Å². The van der Waals surface area contributed by atoms with Crippen LogP contribution in [0.5, 0.6) is 0 Å². The van der Waals surface area contributed by atoms with E-state index in [-0.39, 0.29) is 12.1 Å². The van der Waals surface area contributed by atoms with Crippen LogP contribution in [0, 0.1) is 11.6 Å². The van der Waals surface area contributed by atoms with Gasteiger partial charge in [-0.25, -0.2) is 21.9 Å². The zero-order valence-corrected chi connectivity index (χ0v) is 13.4. The lowest BCUT2D eigenvalue weighted by atomic mass is 10.2. The van der Waals surface area contributed by atoms with Crippen LogP contribution in [-0.4, -0.2) is 26.6 Å². The van der Waals surface area contributed by atoms with Gasteiger partial charge in [0.2, 0.25) is 10.0 Å². The molecule has 2 N–H and O–H groups in total. The fraction of sp³-hybridized carbons (Fsp3) is 0.188. The maximum Gasteiger partial charge on any atom is 0.251 e. The third kappa shape index (κ3) is 5.10. The first kappa shape index (κ1) is 18.0. The molecule has 2 aromatic carbocycles. The Labute approximate surface area is 138 Å². The number of carbonyl (C=O) groups excluding carboxylic acids is 1. The summed E-state index contributed by atoms with van der Waals surface area (Å²) in [5, 5.41) is 2.47. The summed E-state index contributed by atoms with van der Waals surface area (Å²) >= 11 is 0. The molecule has 0 fully saturated rings. The Hall–Kier alpha value is -2.32. The van der Waals surface area contributed by atoms with Crippen molar-refractivity contribution in [2.45, 2.75) is 6.54 Å². The van der Waals surface area contributed by atoms with E-state index in [2.05, 4.69) is 10.0 Å². The van der Waals surface area contributed by atoms with E-state index in [0.29, 0.717) is 5.56 Å². The van der Waals surface area contributed by atoms with Crippen molar-refractivity contribution in [3.63, 3.8) is 0 Å². The van der Waals surface area contributed by atoms with E-state index in [9.17, 15) is 22.0 Å². The molecule has 24 heavy (non-hydrogen) atoms. The Morgan fingerprint density at radius 1 is 0.958 bits per heavy atom. The monoisotopic (exact) mass is 354 g/mol. The van der Waals surface area contributed by atoms with Crippen molar-refractivity contribution in [1.29, 1.82) is 0 Å². The molecule has 0 radical (unpaired) electrons. The van der Waals surface area contributed by atoms with Crippen molar-refractivity contribution in [2.24, 2.45) is 0 Å². The molecule has 0 aliphatic heterocycles. The van der Waals surface area contributed by atoms with Crippen LogP contribution in [0.25, 0.3) is 0 Å². The van der Waals surface area contributed by atoms with Crippen LogP contribution in [0.1, 0.15) is 15.9 Å². The Morgan fingerprint density at radius 2 is 1.58 bits per heavy atom. The Bertz CT molecular complexity index is 791. The van der Waals surface area contributed by atoms with Gasteiger partial charge in [0, 0.05) is 24.2 Å². The molecule has 5 nitrogen and oxygen atoms in total. The predicted molar refractivity (Wildman–Crippen MR) is 85.8 cm³/mol. The van der Waals surface area contributed by atoms with Crippen molar-refractivity contribution in [1.82, 2.24) is 10.0 Å². The van der Waals surface area contributed by atoms with E-state index in [0.717, 1.165) is 12.1 Å². The van der Waals surface area contributed by atoms with Crippen molar-refractivity contribution in [3.8, 4) is 0 Å². The van der Waals surface area contributed by atoms with Gasteiger partial charge in [0.15, 0.2) is 0 Å². The van der Waals surface area contributed by atoms with Gasteiger partial charge in [0.05, 0.1) is 5.75 Å². The molecule has 0 aliphatic carbocycles. The number of hydrogen-bond acceptors (Lipinski definition) is 3. The molecular weight excluding hydrogens is 338 g/mol. The van der Waals surface area contributed by atoms with Crippen LogP contribution >= 0.6 is 0 Å². The number of carbonyl (C=O) groups is 1. The number of benzene rings is 2. The first-order chi connectivity index (χ1) is 11.4. The molecular formula is C16H16F2N2O3S. The number of nitrogens with one attached hydrogen (secondary N) is 2. The van der Waals surface area contributed by atoms with Crippen LogP contribution in [0.15, 0.2) is 48.5 Å². The number of halogens is 2. The second kappa shape index (κ2) is 7.98. The highest BCUT2D eigenvalue weighted by atomic mass is 32.2. The summed E-state index contributed by atoms with van der Waals surface area (Å²) in [5.41, 5.74) is 0.0608. The summed E-state index contributed by atoms with van der Waals surface area (Å²) in [6.45, 7) is -0.615. The highest BCUT2D eigenvalue weighted by molar-refractivity contribution is 7.89. The van der Waals surface area contributed by atoms with Crippen molar-refractivity contribution in [2.75, 3.05) is 12.3 Å². The van der Waals surface area contributed by atoms with E-state index in [1.165, 1.54) is 6.07 Å². The zero-order chi connectivity index (χ0) is 17.6. The number of hydrogen-bond donors (Lipinski definition) is 2. The summed E-state index contributed by atoms with van der Waals surface area (Å²) < 4.78 is 52.7. The summed E-state index contributed by atoms with van der Waals surface area (Å²) in [5.74, 6) is -2.45. The molecule has 0 atom stereocenters. The first-order valence-corrected chi connectivity index (χ1v) is 8.78. The summed E-state index contributed by atoms with van der Waals surface area (Å²) in [7, 11) is -3.79. The standard InChI is InChI=1S/C16H16F2N2O3S/c17-14-7-4-8-15(18)13(14)11-20-24(22,23)10-9-19-16(21)12-5-2-1-3-6-12/h1-8,20H,9-11H2,(H,19,21). The van der Waals surface area contributed by atoms with Gasteiger partial charge in [-0.2, -0.15) is 0 Å². The minimum Gasteiger partial charge on any atom is -0.351 e. The molecule has 0 bridgehead atoms. The normalized spacial score (nSPS) is 11.2. The SMILES string of the molecule is O=C(NCCS(=O)(=O)NCc1c(F)cccc1F)c1ccccc1. The highest BCUT2D eigenvalue weighted by Crippen LogP contribution is 2.11. The van der Waals surface area contributed by atoms with Crippen LogP contribution < -0.4 is 10.0 Å². The molecule has 128 valence electrons. The molecule has 0 spiro atoms. The topological polar surface area (TPSA) is 75.3 Å². The van der Waals surface area contributed by atoms with Crippen LogP contribution in [-0.2, 0) is 16.6 Å². The molecule has 8 heteroatoms. The van der Waals surface area contributed by atoms with Crippen molar-refractivity contribution in [3.05, 3.63) is 71.3 Å². The van der Waals surface area contributed by atoms with Gasteiger partial charge in [-0.05, 0) is 24.3 Å². The highest BCUT2D eigenvalue weighted by Gasteiger charge is 2.15. The van der Waals surface area contributed by atoms with Crippen LogP contribution in [0.3, 0.4) is 0 Å². The average Bonchev–Trinajstić information content (AvgIpc) is 2.55. The second-order valence-corrected chi connectivity index (χ2v) is 6.89. The van der Waals surface area contributed by atoms with Gasteiger partial charge in [0.1, 0.15) is 11.6 Å². The largest absolute Gasteiger partial charge is 0.351 e. The lowest BCUT2D eigenvalue weighted by Crippen LogP contribution is -2.34. The number of sulfonamides is 1. The first-order valence-electron chi connectivity index (χ1n) is 7.12. The molecule has 0 aromatic heterocycles. The molecule has 0 unspecified atom stereocenters. The van der Waals surface area contributed by atoms with Gasteiger partial charge in [-0.1, -0.05) is 24.3 Å². The van der Waals surface area contributed by atoms with Gasteiger partial charge < -0.3 is 5.32 Å². The van der Waals surface area contributed by atoms with E-state index in [1.54, 1.807) is 30.3 Å². The minimum atomic E-state index is -3.79. The van der Waals surface area contributed by atoms with Gasteiger partial charge >= 0.3 is 0 Å². The number of amides is 1. The lowest BCUT2D eigenvalue weighted by molar-refractivity contribution is 0.0956. The molecule has 0 saturated carbocycles. The second-order valence-electron chi connectivity index (χ2n) is 4.96. The van der Waals surface area contributed by atoms with E-state index >= 15 is 0 Å². The minimum absolute atomic E-state index is 0.122. The predicted octanol–water partition coefficient (Wildman–Crippen LogP) is 1.81. The lowest BCUT2D eigenvalue weighted by Gasteiger charge is -2.09. The third-order valence-electron chi connectivity index (χ3n) is 3.22. The van der Waals surface area contributed by atoms with E-state index in [4.69, 9.17) is 0 Å². The van der Waals surface area contributed by atoms with Gasteiger partial charge in [-0.3, -0.25) is 4.79 Å². The van der Waals surface area contributed by atoms with Crippen LogP contribution in [0.4, 0.5) is 8.78 Å². The average molecular weight is 354 g/mol. The zero-order valence-electron chi connectivity index (χ0n) is 12.6. The van der Waals surface area contributed by atoms with E-state index < -0.39 is 39.9 Å². The summed E-state index contributed by atoms with van der Waals surface area (Å²) in [6, 6.07) is 11.6. The Balaban J connectivity index is 1.85. The third-order valence-corrected chi connectivity index (χ3v) is 4.55. The Kier molecular flexibility index (Phi) is 5.99. The van der Waals surface area contributed by atoms with Gasteiger partial charge in [-0.15, -0.1) is 0 Å². The summed E-state index contributed by atoms with van der Waals surface area (Å²) in [4.78, 5) is 11.8. The molecule has 0 aliphatic rings. The van der Waals surface area contributed by atoms with Gasteiger partial charge in [0.25, 0.3) is 5.91 Å². The molecule has 2 aromatic rings. The molecule has 0 saturated heterocycles. The fourth-order valence-corrected chi connectivity index (χ4v) is 2.83. The van der Waals surface area contributed by atoms with Crippen LogP contribution in [0.2, 0.25) is 0 Å². The fourth-order valence-electron chi connectivity index (χ4n) is 1.95. The summed E-state index contributed by atoms with van der Waals surface area (Å²) in [6.07, 6.45) is 0. The molecule has 0 heterocycles. The maximum atomic E-state index is 13.4. The van der Waals surface area contributed by atoms with Crippen molar-refractivity contribution >= 4 is 15.9 Å². The molecule has 1 amide bonds. The van der Waals surface area contributed by atoms with Crippen molar-refractivity contribution < 1.29 is 22.0 Å². The Morgan fingerprint density at radius 3 is 2.21 bits per heavy atom.